The standard InChI is InChI=1S/C25H23FN6O2/c1-15(2)25-24(28)23(11-27)32(31-25)19-4-6-20(7-5-19)34-22-9-18(26)8-21(10-22)33-14-17-12-29-16(3)30-13-17/h4-10,12-13,15H,14,28H2,1-3H3. The van der Waals surface area contributed by atoms with Crippen LogP contribution in [0.5, 0.6) is 17.2 Å². The summed E-state index contributed by atoms with van der Waals surface area (Å²) in [5.41, 5.74) is 8.85. The lowest BCUT2D eigenvalue weighted by Gasteiger charge is -2.11. The number of nitriles is 1. The van der Waals surface area contributed by atoms with E-state index in [4.69, 9.17) is 15.2 Å². The molecule has 4 rings (SSSR count). The van der Waals surface area contributed by atoms with E-state index in [1.807, 2.05) is 13.8 Å². The van der Waals surface area contributed by atoms with Gasteiger partial charge in [0.05, 0.1) is 17.1 Å². The molecule has 0 aliphatic carbocycles. The Kier molecular flexibility index (Phi) is 6.41. The number of halogens is 1. The number of nitrogen functional groups attached to an aromatic ring is 1. The van der Waals surface area contributed by atoms with E-state index >= 15 is 0 Å². The van der Waals surface area contributed by atoms with Crippen molar-refractivity contribution in [2.24, 2.45) is 0 Å². The summed E-state index contributed by atoms with van der Waals surface area (Å²) in [6.45, 7) is 5.92. The summed E-state index contributed by atoms with van der Waals surface area (Å²) < 4.78 is 27.1. The quantitative estimate of drug-likeness (QED) is 0.412. The third-order valence-electron chi connectivity index (χ3n) is 5.01. The van der Waals surface area contributed by atoms with Crippen LogP contribution in [0.1, 0.15) is 42.5 Å². The molecule has 34 heavy (non-hydrogen) atoms. The first-order chi connectivity index (χ1) is 16.3. The van der Waals surface area contributed by atoms with Crippen LogP contribution in [0.3, 0.4) is 0 Å². The Labute approximate surface area is 196 Å². The van der Waals surface area contributed by atoms with E-state index < -0.39 is 5.82 Å². The molecule has 0 unspecified atom stereocenters. The van der Waals surface area contributed by atoms with Crippen LogP contribution in [0.15, 0.2) is 54.9 Å². The van der Waals surface area contributed by atoms with Crippen LogP contribution in [0, 0.1) is 24.1 Å². The van der Waals surface area contributed by atoms with E-state index in [-0.39, 0.29) is 24.0 Å². The molecule has 0 aliphatic rings. The van der Waals surface area contributed by atoms with Gasteiger partial charge in [0.1, 0.15) is 41.6 Å². The Bertz CT molecular complexity index is 1340. The van der Waals surface area contributed by atoms with Crippen LogP contribution in [0.25, 0.3) is 5.69 Å². The van der Waals surface area contributed by atoms with Crippen LogP contribution in [0.2, 0.25) is 0 Å². The van der Waals surface area contributed by atoms with Gasteiger partial charge < -0.3 is 15.2 Å². The molecule has 0 aliphatic heterocycles. The number of rotatable bonds is 7. The average molecular weight is 458 g/mol. The molecule has 2 heterocycles. The lowest BCUT2D eigenvalue weighted by molar-refractivity contribution is 0.301. The molecule has 0 amide bonds. The van der Waals surface area contributed by atoms with Crippen LogP contribution in [0.4, 0.5) is 10.1 Å². The van der Waals surface area contributed by atoms with Crippen molar-refractivity contribution in [3.63, 3.8) is 0 Å². The van der Waals surface area contributed by atoms with Gasteiger partial charge in [-0.15, -0.1) is 0 Å². The number of nitrogens with zero attached hydrogens (tertiary/aromatic N) is 5. The molecule has 172 valence electrons. The molecule has 9 heteroatoms. The predicted octanol–water partition coefficient (Wildman–Crippen LogP) is 5.06. The SMILES string of the molecule is Cc1ncc(COc2cc(F)cc(Oc3ccc(-n4nc(C(C)C)c(N)c4C#N)cc3)c2)cn1. The minimum atomic E-state index is -0.490. The van der Waals surface area contributed by atoms with E-state index in [1.165, 1.54) is 16.8 Å². The number of aromatic nitrogens is 4. The maximum Gasteiger partial charge on any atom is 0.167 e. The molecule has 4 aromatic rings. The topological polar surface area (TPSA) is 112 Å². The molecule has 2 aromatic heterocycles. The van der Waals surface area contributed by atoms with Crippen molar-refractivity contribution in [2.75, 3.05) is 5.73 Å². The van der Waals surface area contributed by atoms with Gasteiger partial charge >= 0.3 is 0 Å². The summed E-state index contributed by atoms with van der Waals surface area (Å²) in [6.07, 6.45) is 3.32. The second kappa shape index (κ2) is 9.58. The zero-order valence-corrected chi connectivity index (χ0v) is 19.0. The van der Waals surface area contributed by atoms with E-state index in [0.29, 0.717) is 34.4 Å². The summed E-state index contributed by atoms with van der Waals surface area (Å²) in [5, 5.41) is 14.0. The second-order valence-corrected chi connectivity index (χ2v) is 7.97. The fourth-order valence-electron chi connectivity index (χ4n) is 3.30. The van der Waals surface area contributed by atoms with Crippen molar-refractivity contribution in [3.05, 3.63) is 83.5 Å². The normalized spacial score (nSPS) is 10.8. The van der Waals surface area contributed by atoms with E-state index in [2.05, 4.69) is 21.1 Å². The van der Waals surface area contributed by atoms with Gasteiger partial charge in [0.15, 0.2) is 5.69 Å². The van der Waals surface area contributed by atoms with Crippen molar-refractivity contribution >= 4 is 5.69 Å². The number of benzene rings is 2. The van der Waals surface area contributed by atoms with Gasteiger partial charge in [-0.2, -0.15) is 10.4 Å². The van der Waals surface area contributed by atoms with Gasteiger partial charge in [-0.1, -0.05) is 13.8 Å². The summed E-state index contributed by atoms with van der Waals surface area (Å²) in [6, 6.07) is 13.2. The first-order valence-corrected chi connectivity index (χ1v) is 10.6. The summed E-state index contributed by atoms with van der Waals surface area (Å²) in [4.78, 5) is 8.23. The van der Waals surface area contributed by atoms with Gasteiger partial charge in [-0.25, -0.2) is 19.0 Å². The van der Waals surface area contributed by atoms with Gasteiger partial charge in [0.2, 0.25) is 0 Å². The number of hydrogen-bond acceptors (Lipinski definition) is 7. The maximum absolute atomic E-state index is 14.1. The third kappa shape index (κ3) is 4.96. The van der Waals surface area contributed by atoms with Crippen LogP contribution < -0.4 is 15.2 Å². The summed E-state index contributed by atoms with van der Waals surface area (Å²) in [7, 11) is 0. The van der Waals surface area contributed by atoms with E-state index in [9.17, 15) is 9.65 Å². The first-order valence-electron chi connectivity index (χ1n) is 10.6. The number of anilines is 1. The largest absolute Gasteiger partial charge is 0.489 e. The Morgan fingerprint density at radius 2 is 1.74 bits per heavy atom. The van der Waals surface area contributed by atoms with Crippen molar-refractivity contribution in [3.8, 4) is 29.0 Å². The highest BCUT2D eigenvalue weighted by molar-refractivity contribution is 5.58. The maximum atomic E-state index is 14.1. The summed E-state index contributed by atoms with van der Waals surface area (Å²) >= 11 is 0. The molecule has 8 nitrogen and oxygen atoms in total. The number of ether oxygens (including phenoxy) is 2. The predicted molar refractivity (Wildman–Crippen MR) is 124 cm³/mol. The third-order valence-corrected chi connectivity index (χ3v) is 5.01. The average Bonchev–Trinajstić information content (AvgIpc) is 3.15. The number of aryl methyl sites for hydroxylation is 1. The number of nitrogens with two attached hydrogens (primary N) is 1. The second-order valence-electron chi connectivity index (χ2n) is 7.97. The minimum Gasteiger partial charge on any atom is -0.489 e. The van der Waals surface area contributed by atoms with Gasteiger partial charge in [0, 0.05) is 36.2 Å². The molecular weight excluding hydrogens is 435 g/mol. The molecular formula is C25H23FN6O2. The van der Waals surface area contributed by atoms with Gasteiger partial charge in [-0.05, 0) is 37.1 Å². The van der Waals surface area contributed by atoms with E-state index in [1.54, 1.807) is 49.6 Å². The van der Waals surface area contributed by atoms with Gasteiger partial charge in [0.25, 0.3) is 0 Å². The zero-order chi connectivity index (χ0) is 24.2. The van der Waals surface area contributed by atoms with Crippen molar-refractivity contribution in [2.45, 2.75) is 33.3 Å². The lowest BCUT2D eigenvalue weighted by atomic mass is 10.1. The minimum absolute atomic E-state index is 0.0823. The van der Waals surface area contributed by atoms with Crippen LogP contribution >= 0.6 is 0 Å². The van der Waals surface area contributed by atoms with Crippen LogP contribution in [-0.2, 0) is 6.61 Å². The highest BCUT2D eigenvalue weighted by atomic mass is 19.1. The molecule has 2 N–H and O–H groups in total. The Morgan fingerprint density at radius 1 is 1.06 bits per heavy atom. The lowest BCUT2D eigenvalue weighted by Crippen LogP contribution is -2.01. The smallest absolute Gasteiger partial charge is 0.167 e. The molecule has 0 atom stereocenters. The molecule has 0 radical (unpaired) electrons. The number of hydrogen-bond donors (Lipinski definition) is 1. The molecule has 0 bridgehead atoms. The Balaban J connectivity index is 1.50. The van der Waals surface area contributed by atoms with E-state index in [0.717, 1.165) is 5.56 Å². The monoisotopic (exact) mass is 458 g/mol. The Morgan fingerprint density at radius 3 is 2.38 bits per heavy atom. The van der Waals surface area contributed by atoms with Gasteiger partial charge in [-0.3, -0.25) is 0 Å². The molecule has 0 saturated heterocycles. The molecule has 2 aromatic carbocycles. The Hall–Kier alpha value is -4.45. The first kappa shape index (κ1) is 22.7. The summed E-state index contributed by atoms with van der Waals surface area (Å²) in [5.74, 6) is 1.34. The van der Waals surface area contributed by atoms with Crippen molar-refractivity contribution < 1.29 is 13.9 Å². The molecule has 0 saturated carbocycles. The fourth-order valence-corrected chi connectivity index (χ4v) is 3.30. The fraction of sp³-hybridized carbons (Fsp3) is 0.200. The molecule has 0 fully saturated rings. The van der Waals surface area contributed by atoms with Crippen LogP contribution in [-0.4, -0.2) is 19.7 Å². The van der Waals surface area contributed by atoms with Crippen molar-refractivity contribution in [1.29, 1.82) is 5.26 Å². The van der Waals surface area contributed by atoms with Crippen molar-refractivity contribution in [1.82, 2.24) is 19.7 Å². The highest BCUT2D eigenvalue weighted by Crippen LogP contribution is 2.30. The molecule has 0 spiro atoms. The zero-order valence-electron chi connectivity index (χ0n) is 19.0. The highest BCUT2D eigenvalue weighted by Gasteiger charge is 2.18.